The van der Waals surface area contributed by atoms with Gasteiger partial charge in [0.05, 0.1) is 0 Å². The van der Waals surface area contributed by atoms with Gasteiger partial charge in [-0.2, -0.15) is 0 Å². The highest BCUT2D eigenvalue weighted by atomic mass is 15.2. The lowest BCUT2D eigenvalue weighted by atomic mass is 10.0. The van der Waals surface area contributed by atoms with Gasteiger partial charge in [0.1, 0.15) is 0 Å². The Hall–Kier alpha value is -0.770. The highest BCUT2D eigenvalue weighted by Crippen LogP contribution is 2.17. The van der Waals surface area contributed by atoms with Gasteiger partial charge in [-0.15, -0.1) is 0 Å². The molecule has 0 aromatic carbocycles. The van der Waals surface area contributed by atoms with Crippen LogP contribution in [0, 0.1) is 0 Å². The molecular weight excluding hydrogens is 272 g/mol. The van der Waals surface area contributed by atoms with E-state index in [1.165, 1.54) is 77.3 Å². The lowest BCUT2D eigenvalue weighted by Gasteiger charge is -2.33. The van der Waals surface area contributed by atoms with Crippen molar-refractivity contribution in [3.05, 3.63) is 0 Å². The van der Waals surface area contributed by atoms with Crippen molar-refractivity contribution in [1.82, 2.24) is 10.2 Å². The second kappa shape index (κ2) is 10.1. The standard InChI is InChI=1S/C18H36N4/c1-16-10-6-8-14-22(16)15-9-7-13-20-18(19)21-17-11-4-2-3-5-12-17/h16-17H,2-15H2,1H3,(H3,19,20,21). The molecule has 4 heteroatoms. The van der Waals surface area contributed by atoms with Crippen molar-refractivity contribution in [3.8, 4) is 0 Å². The van der Waals surface area contributed by atoms with Crippen molar-refractivity contribution in [2.45, 2.75) is 89.6 Å². The minimum Gasteiger partial charge on any atom is -0.370 e. The molecule has 2 aliphatic rings. The second-order valence-electron chi connectivity index (χ2n) is 7.19. The Balaban J connectivity index is 1.56. The first-order valence-electron chi connectivity index (χ1n) is 9.56. The SMILES string of the molecule is CC1CCCCN1CCCCN=C(N)NC1CCCCCC1. The molecule has 1 aliphatic carbocycles. The molecule has 0 spiro atoms. The summed E-state index contributed by atoms with van der Waals surface area (Å²) in [5.41, 5.74) is 6.03. The lowest BCUT2D eigenvalue weighted by molar-refractivity contribution is 0.158. The molecule has 2 fully saturated rings. The number of nitrogens with one attached hydrogen (secondary N) is 1. The maximum absolute atomic E-state index is 6.03. The van der Waals surface area contributed by atoms with Crippen LogP contribution in [0.5, 0.6) is 0 Å². The van der Waals surface area contributed by atoms with E-state index in [-0.39, 0.29) is 0 Å². The van der Waals surface area contributed by atoms with E-state index in [1.807, 2.05) is 0 Å². The number of hydrogen-bond acceptors (Lipinski definition) is 2. The molecule has 1 unspecified atom stereocenters. The Morgan fingerprint density at radius 3 is 2.50 bits per heavy atom. The number of hydrogen-bond donors (Lipinski definition) is 2. The van der Waals surface area contributed by atoms with Crippen LogP contribution in [0.25, 0.3) is 0 Å². The third kappa shape index (κ3) is 6.55. The summed E-state index contributed by atoms with van der Waals surface area (Å²) < 4.78 is 0. The topological polar surface area (TPSA) is 53.6 Å². The quantitative estimate of drug-likeness (QED) is 0.343. The first-order chi connectivity index (χ1) is 10.8. The van der Waals surface area contributed by atoms with Gasteiger partial charge in [0.25, 0.3) is 0 Å². The average Bonchev–Trinajstić information content (AvgIpc) is 2.77. The molecule has 4 nitrogen and oxygen atoms in total. The molecule has 0 radical (unpaired) electrons. The lowest BCUT2D eigenvalue weighted by Crippen LogP contribution is -2.40. The predicted molar refractivity (Wildman–Crippen MR) is 95.2 cm³/mol. The summed E-state index contributed by atoms with van der Waals surface area (Å²) in [6.07, 6.45) is 14.5. The van der Waals surface area contributed by atoms with Gasteiger partial charge in [0, 0.05) is 18.6 Å². The number of likely N-dealkylation sites (tertiary alicyclic amines) is 1. The number of piperidine rings is 1. The largest absolute Gasteiger partial charge is 0.370 e. The van der Waals surface area contributed by atoms with Gasteiger partial charge >= 0.3 is 0 Å². The molecule has 22 heavy (non-hydrogen) atoms. The van der Waals surface area contributed by atoms with Gasteiger partial charge < -0.3 is 16.0 Å². The number of rotatable bonds is 6. The van der Waals surface area contributed by atoms with E-state index in [0.717, 1.165) is 19.0 Å². The summed E-state index contributed by atoms with van der Waals surface area (Å²) in [4.78, 5) is 7.15. The summed E-state index contributed by atoms with van der Waals surface area (Å²) in [5.74, 6) is 0.665. The maximum atomic E-state index is 6.03. The Morgan fingerprint density at radius 1 is 1.05 bits per heavy atom. The van der Waals surface area contributed by atoms with E-state index in [0.29, 0.717) is 12.0 Å². The number of guanidine groups is 1. The van der Waals surface area contributed by atoms with E-state index in [4.69, 9.17) is 5.73 Å². The Morgan fingerprint density at radius 2 is 1.77 bits per heavy atom. The van der Waals surface area contributed by atoms with E-state index in [9.17, 15) is 0 Å². The molecule has 2 rings (SSSR count). The molecule has 0 amide bonds. The summed E-state index contributed by atoms with van der Waals surface area (Å²) in [5, 5.41) is 3.42. The summed E-state index contributed by atoms with van der Waals surface area (Å²) >= 11 is 0. The molecule has 1 aliphatic heterocycles. The molecule has 0 aromatic heterocycles. The van der Waals surface area contributed by atoms with Crippen molar-refractivity contribution in [2.24, 2.45) is 10.7 Å². The Labute approximate surface area is 136 Å². The second-order valence-corrected chi connectivity index (χ2v) is 7.19. The smallest absolute Gasteiger partial charge is 0.188 e. The highest BCUT2D eigenvalue weighted by Gasteiger charge is 2.17. The van der Waals surface area contributed by atoms with Crippen molar-refractivity contribution in [3.63, 3.8) is 0 Å². The van der Waals surface area contributed by atoms with Gasteiger partial charge in [0.15, 0.2) is 5.96 Å². The third-order valence-corrected chi connectivity index (χ3v) is 5.28. The van der Waals surface area contributed by atoms with Crippen LogP contribution in [0.3, 0.4) is 0 Å². The fourth-order valence-corrected chi connectivity index (χ4v) is 3.79. The van der Waals surface area contributed by atoms with Crippen molar-refractivity contribution < 1.29 is 0 Å². The highest BCUT2D eigenvalue weighted by molar-refractivity contribution is 5.78. The fourth-order valence-electron chi connectivity index (χ4n) is 3.79. The van der Waals surface area contributed by atoms with E-state index in [2.05, 4.69) is 22.1 Å². The van der Waals surface area contributed by atoms with Crippen molar-refractivity contribution in [2.75, 3.05) is 19.6 Å². The van der Waals surface area contributed by atoms with Crippen LogP contribution in [0.15, 0.2) is 4.99 Å². The summed E-state index contributed by atoms with van der Waals surface area (Å²) in [6, 6.07) is 1.33. The van der Waals surface area contributed by atoms with Crippen molar-refractivity contribution in [1.29, 1.82) is 0 Å². The van der Waals surface area contributed by atoms with Crippen LogP contribution >= 0.6 is 0 Å². The minimum absolute atomic E-state index is 0.556. The Kier molecular flexibility index (Phi) is 8.06. The first-order valence-corrected chi connectivity index (χ1v) is 9.56. The van der Waals surface area contributed by atoms with Crippen LogP contribution in [0.1, 0.15) is 77.6 Å². The minimum atomic E-state index is 0.556. The van der Waals surface area contributed by atoms with E-state index in [1.54, 1.807) is 0 Å². The van der Waals surface area contributed by atoms with Crippen LogP contribution in [0.4, 0.5) is 0 Å². The molecule has 1 saturated carbocycles. The Bertz CT molecular complexity index is 321. The van der Waals surface area contributed by atoms with Gasteiger partial charge in [-0.1, -0.05) is 32.1 Å². The predicted octanol–water partition coefficient (Wildman–Crippen LogP) is 3.27. The fraction of sp³-hybridized carbons (Fsp3) is 0.944. The van der Waals surface area contributed by atoms with Gasteiger partial charge in [0.2, 0.25) is 0 Å². The molecule has 1 heterocycles. The van der Waals surface area contributed by atoms with Gasteiger partial charge in [-0.3, -0.25) is 4.99 Å². The van der Waals surface area contributed by atoms with Gasteiger partial charge in [-0.25, -0.2) is 0 Å². The maximum Gasteiger partial charge on any atom is 0.188 e. The number of nitrogens with two attached hydrogens (primary N) is 1. The monoisotopic (exact) mass is 308 g/mol. The van der Waals surface area contributed by atoms with Crippen LogP contribution in [-0.2, 0) is 0 Å². The van der Waals surface area contributed by atoms with E-state index < -0.39 is 0 Å². The van der Waals surface area contributed by atoms with Crippen molar-refractivity contribution >= 4 is 5.96 Å². The number of nitrogens with zero attached hydrogens (tertiary/aromatic N) is 2. The zero-order valence-electron chi connectivity index (χ0n) is 14.5. The summed E-state index contributed by atoms with van der Waals surface area (Å²) in [6.45, 7) is 5.75. The molecule has 3 N–H and O–H groups in total. The molecular formula is C18H36N4. The van der Waals surface area contributed by atoms with Gasteiger partial charge in [-0.05, 0) is 58.5 Å². The van der Waals surface area contributed by atoms with Crippen LogP contribution < -0.4 is 11.1 Å². The zero-order chi connectivity index (χ0) is 15.6. The first kappa shape index (κ1) is 17.6. The molecule has 1 saturated heterocycles. The summed E-state index contributed by atoms with van der Waals surface area (Å²) in [7, 11) is 0. The zero-order valence-corrected chi connectivity index (χ0v) is 14.5. The molecule has 128 valence electrons. The number of unbranched alkanes of at least 4 members (excludes halogenated alkanes) is 1. The van der Waals surface area contributed by atoms with Crippen LogP contribution in [-0.4, -0.2) is 42.6 Å². The molecule has 0 bridgehead atoms. The number of aliphatic imine (C=N–C) groups is 1. The third-order valence-electron chi connectivity index (χ3n) is 5.28. The molecule has 1 atom stereocenters. The van der Waals surface area contributed by atoms with Crippen LogP contribution in [0.2, 0.25) is 0 Å². The normalized spacial score (nSPS) is 25.9. The average molecular weight is 309 g/mol. The molecule has 0 aromatic rings. The van der Waals surface area contributed by atoms with E-state index >= 15 is 0 Å².